The second-order valence-electron chi connectivity index (χ2n) is 4.80. The number of nitrogens with one attached hydrogen (secondary N) is 1. The SMILES string of the molecule is CCC(=Cc1cc(C(=O)OC)c(C)o1)CNC(C)C. The average Bonchev–Trinajstić information content (AvgIpc) is 2.74. The van der Waals surface area contributed by atoms with E-state index in [4.69, 9.17) is 9.15 Å². The summed E-state index contributed by atoms with van der Waals surface area (Å²) in [5, 5.41) is 3.37. The maximum atomic E-state index is 11.5. The summed E-state index contributed by atoms with van der Waals surface area (Å²) in [4.78, 5) is 11.5. The highest BCUT2D eigenvalue weighted by Gasteiger charge is 2.14. The summed E-state index contributed by atoms with van der Waals surface area (Å²) < 4.78 is 10.3. The van der Waals surface area contributed by atoms with Crippen molar-refractivity contribution in [3.05, 3.63) is 28.7 Å². The average molecular weight is 265 g/mol. The van der Waals surface area contributed by atoms with E-state index < -0.39 is 0 Å². The Labute approximate surface area is 114 Å². The first-order valence-corrected chi connectivity index (χ1v) is 6.59. The molecule has 0 bridgehead atoms. The minimum absolute atomic E-state index is 0.362. The number of esters is 1. The number of carbonyl (C=O) groups excluding carboxylic acids is 1. The molecule has 0 unspecified atom stereocenters. The summed E-state index contributed by atoms with van der Waals surface area (Å²) in [6.07, 6.45) is 2.92. The second kappa shape index (κ2) is 7.14. The molecule has 0 aromatic carbocycles. The van der Waals surface area contributed by atoms with Crippen molar-refractivity contribution in [2.24, 2.45) is 0 Å². The zero-order valence-corrected chi connectivity index (χ0v) is 12.4. The van der Waals surface area contributed by atoms with Crippen molar-refractivity contribution in [3.8, 4) is 0 Å². The maximum absolute atomic E-state index is 11.5. The summed E-state index contributed by atoms with van der Waals surface area (Å²) >= 11 is 0. The van der Waals surface area contributed by atoms with Crippen molar-refractivity contribution in [2.45, 2.75) is 40.2 Å². The Morgan fingerprint density at radius 3 is 2.74 bits per heavy atom. The molecule has 1 aromatic heterocycles. The molecule has 1 aromatic rings. The first-order chi connectivity index (χ1) is 8.97. The van der Waals surface area contributed by atoms with Gasteiger partial charge in [-0.2, -0.15) is 0 Å². The molecule has 0 amide bonds. The van der Waals surface area contributed by atoms with Gasteiger partial charge in [0.1, 0.15) is 17.1 Å². The van der Waals surface area contributed by atoms with Crippen molar-refractivity contribution < 1.29 is 13.9 Å². The normalized spacial score (nSPS) is 12.0. The quantitative estimate of drug-likeness (QED) is 0.803. The first kappa shape index (κ1) is 15.5. The Morgan fingerprint density at radius 1 is 1.53 bits per heavy atom. The Hall–Kier alpha value is -1.55. The van der Waals surface area contributed by atoms with E-state index in [0.29, 0.717) is 23.1 Å². The molecule has 19 heavy (non-hydrogen) atoms. The number of hydrogen-bond acceptors (Lipinski definition) is 4. The third kappa shape index (κ3) is 4.56. The highest BCUT2D eigenvalue weighted by Crippen LogP contribution is 2.18. The minimum atomic E-state index is -0.362. The summed E-state index contributed by atoms with van der Waals surface area (Å²) in [6.45, 7) is 8.91. The van der Waals surface area contributed by atoms with Gasteiger partial charge in [0.2, 0.25) is 0 Å². The highest BCUT2D eigenvalue weighted by atomic mass is 16.5. The van der Waals surface area contributed by atoms with E-state index in [0.717, 1.165) is 13.0 Å². The molecule has 0 atom stereocenters. The molecule has 0 aliphatic carbocycles. The molecule has 1 rings (SSSR count). The fraction of sp³-hybridized carbons (Fsp3) is 0.533. The molecule has 0 fully saturated rings. The maximum Gasteiger partial charge on any atom is 0.341 e. The molecule has 106 valence electrons. The molecule has 4 heteroatoms. The fourth-order valence-electron chi connectivity index (χ4n) is 1.70. The molecule has 0 saturated carbocycles. The predicted molar refractivity (Wildman–Crippen MR) is 76.2 cm³/mol. The monoisotopic (exact) mass is 265 g/mol. The molecular formula is C15H23NO3. The van der Waals surface area contributed by atoms with Gasteiger partial charge in [-0.1, -0.05) is 26.3 Å². The van der Waals surface area contributed by atoms with Crippen LogP contribution < -0.4 is 5.32 Å². The van der Waals surface area contributed by atoms with E-state index in [1.807, 2.05) is 6.08 Å². The Balaban J connectivity index is 2.87. The molecule has 0 radical (unpaired) electrons. The Kier molecular flexibility index (Phi) is 5.83. The standard InChI is InChI=1S/C15H23NO3/c1-6-12(9-16-10(2)3)7-13-8-14(11(4)19-13)15(17)18-5/h7-8,10,16H,6,9H2,1-5H3. The summed E-state index contributed by atoms with van der Waals surface area (Å²) in [7, 11) is 1.37. The minimum Gasteiger partial charge on any atom is -0.465 e. The van der Waals surface area contributed by atoms with Gasteiger partial charge in [-0.3, -0.25) is 0 Å². The second-order valence-corrected chi connectivity index (χ2v) is 4.80. The molecule has 0 saturated heterocycles. The van der Waals surface area contributed by atoms with E-state index in [1.165, 1.54) is 12.7 Å². The molecule has 0 spiro atoms. The van der Waals surface area contributed by atoms with Crippen molar-refractivity contribution in [2.75, 3.05) is 13.7 Å². The topological polar surface area (TPSA) is 51.5 Å². The number of methoxy groups -OCH3 is 1. The number of ether oxygens (including phenoxy) is 1. The van der Waals surface area contributed by atoms with Crippen LogP contribution in [0.15, 0.2) is 16.1 Å². The third-order valence-electron chi connectivity index (χ3n) is 2.88. The van der Waals surface area contributed by atoms with Crippen molar-refractivity contribution in [1.29, 1.82) is 0 Å². The molecule has 0 aliphatic rings. The largest absolute Gasteiger partial charge is 0.465 e. The Bertz CT molecular complexity index is 458. The van der Waals surface area contributed by atoms with Gasteiger partial charge in [0.25, 0.3) is 0 Å². The van der Waals surface area contributed by atoms with Crippen LogP contribution in [0.4, 0.5) is 0 Å². The molecule has 1 N–H and O–H groups in total. The lowest BCUT2D eigenvalue weighted by molar-refractivity contribution is 0.0599. The van der Waals surface area contributed by atoms with Gasteiger partial charge >= 0.3 is 5.97 Å². The van der Waals surface area contributed by atoms with Crippen LogP contribution in [-0.2, 0) is 4.74 Å². The fourth-order valence-corrected chi connectivity index (χ4v) is 1.70. The summed E-state index contributed by atoms with van der Waals surface area (Å²) in [5.41, 5.74) is 1.72. The van der Waals surface area contributed by atoms with Crippen LogP contribution in [0.25, 0.3) is 6.08 Å². The number of furan rings is 1. The van der Waals surface area contributed by atoms with Gasteiger partial charge in [-0.05, 0) is 25.5 Å². The Morgan fingerprint density at radius 2 is 2.21 bits per heavy atom. The highest BCUT2D eigenvalue weighted by molar-refractivity contribution is 5.91. The van der Waals surface area contributed by atoms with E-state index in [2.05, 4.69) is 26.1 Å². The van der Waals surface area contributed by atoms with Crippen LogP contribution in [0.3, 0.4) is 0 Å². The van der Waals surface area contributed by atoms with Crippen LogP contribution in [0.2, 0.25) is 0 Å². The van der Waals surface area contributed by atoms with Gasteiger partial charge in [0.15, 0.2) is 0 Å². The molecular weight excluding hydrogens is 242 g/mol. The van der Waals surface area contributed by atoms with Crippen LogP contribution in [0.5, 0.6) is 0 Å². The number of carbonyl (C=O) groups is 1. The lowest BCUT2D eigenvalue weighted by Gasteiger charge is -2.09. The van der Waals surface area contributed by atoms with E-state index in [-0.39, 0.29) is 5.97 Å². The van der Waals surface area contributed by atoms with Crippen molar-refractivity contribution in [1.82, 2.24) is 5.32 Å². The van der Waals surface area contributed by atoms with Crippen LogP contribution in [0, 0.1) is 6.92 Å². The third-order valence-corrected chi connectivity index (χ3v) is 2.88. The van der Waals surface area contributed by atoms with Crippen LogP contribution >= 0.6 is 0 Å². The summed E-state index contributed by atoms with van der Waals surface area (Å²) in [6, 6.07) is 2.17. The number of rotatable bonds is 6. The molecule has 1 heterocycles. The first-order valence-electron chi connectivity index (χ1n) is 6.59. The van der Waals surface area contributed by atoms with Gasteiger partial charge in [-0.25, -0.2) is 4.79 Å². The molecule has 4 nitrogen and oxygen atoms in total. The van der Waals surface area contributed by atoms with Gasteiger partial charge in [-0.15, -0.1) is 0 Å². The lowest BCUT2D eigenvalue weighted by atomic mass is 10.1. The molecule has 0 aliphatic heterocycles. The zero-order chi connectivity index (χ0) is 14.4. The summed E-state index contributed by atoms with van der Waals surface area (Å²) in [5.74, 6) is 0.921. The van der Waals surface area contributed by atoms with Gasteiger partial charge in [0.05, 0.1) is 7.11 Å². The number of aryl methyl sites for hydroxylation is 1. The lowest BCUT2D eigenvalue weighted by Crippen LogP contribution is -2.24. The zero-order valence-electron chi connectivity index (χ0n) is 12.4. The predicted octanol–water partition coefficient (Wildman–Crippen LogP) is 3.17. The van der Waals surface area contributed by atoms with Crippen molar-refractivity contribution in [3.63, 3.8) is 0 Å². The number of hydrogen-bond donors (Lipinski definition) is 1. The van der Waals surface area contributed by atoms with Crippen LogP contribution in [-0.4, -0.2) is 25.7 Å². The van der Waals surface area contributed by atoms with E-state index >= 15 is 0 Å². The van der Waals surface area contributed by atoms with Crippen molar-refractivity contribution >= 4 is 12.0 Å². The van der Waals surface area contributed by atoms with E-state index in [9.17, 15) is 4.79 Å². The van der Waals surface area contributed by atoms with Crippen LogP contribution in [0.1, 0.15) is 49.1 Å². The van der Waals surface area contributed by atoms with E-state index in [1.54, 1.807) is 13.0 Å². The van der Waals surface area contributed by atoms with Gasteiger partial charge < -0.3 is 14.5 Å². The smallest absolute Gasteiger partial charge is 0.341 e. The van der Waals surface area contributed by atoms with Gasteiger partial charge in [0, 0.05) is 12.6 Å².